The molecule has 0 amide bonds. The summed E-state index contributed by atoms with van der Waals surface area (Å²) in [5.74, 6) is -2.54. The van der Waals surface area contributed by atoms with Gasteiger partial charge in [-0.15, -0.1) is 0 Å². The molecule has 2 saturated heterocycles. The highest BCUT2D eigenvalue weighted by Gasteiger charge is 2.85. The molecule has 0 spiro atoms. The van der Waals surface area contributed by atoms with Crippen molar-refractivity contribution in [2.75, 3.05) is 13.2 Å². The van der Waals surface area contributed by atoms with E-state index in [-0.39, 0.29) is 60.9 Å². The third-order valence-corrected chi connectivity index (χ3v) is 13.5. The van der Waals surface area contributed by atoms with Gasteiger partial charge in [-0.1, -0.05) is 47.1 Å². The maximum atomic E-state index is 13.8. The summed E-state index contributed by atoms with van der Waals surface area (Å²) in [6, 6.07) is 0. The van der Waals surface area contributed by atoms with Crippen molar-refractivity contribution < 1.29 is 52.5 Å². The lowest BCUT2D eigenvalue weighted by Gasteiger charge is -2.47. The Morgan fingerprint density at radius 3 is 1.70 bits per heavy atom. The summed E-state index contributed by atoms with van der Waals surface area (Å²) >= 11 is 0. The van der Waals surface area contributed by atoms with Crippen LogP contribution in [0.25, 0.3) is 0 Å². The average Bonchev–Trinajstić information content (AvgIpc) is 4.01. The maximum Gasteiger partial charge on any atom is 0.306 e. The third kappa shape index (κ3) is 5.71. The summed E-state index contributed by atoms with van der Waals surface area (Å²) in [5, 5.41) is 0. The van der Waals surface area contributed by atoms with Crippen LogP contribution in [0.3, 0.4) is 0 Å². The first-order valence-corrected chi connectivity index (χ1v) is 18.8. The van der Waals surface area contributed by atoms with E-state index in [0.717, 1.165) is 5.57 Å². The van der Waals surface area contributed by atoms with Crippen molar-refractivity contribution in [2.24, 2.45) is 22.2 Å². The van der Waals surface area contributed by atoms with Gasteiger partial charge in [0.1, 0.15) is 18.8 Å². The summed E-state index contributed by atoms with van der Waals surface area (Å²) in [5.41, 5.74) is -1.48. The number of rotatable bonds is 10. The smallest absolute Gasteiger partial charge is 0.306 e. The van der Waals surface area contributed by atoms with Gasteiger partial charge in [0.15, 0.2) is 40.1 Å². The molecule has 2 heterocycles. The zero-order valence-corrected chi connectivity index (χ0v) is 33.5. The number of epoxide rings is 2. The number of fused-ring (bicyclic) bond motifs is 3. The fourth-order valence-corrected chi connectivity index (χ4v) is 9.68. The van der Waals surface area contributed by atoms with E-state index in [1.807, 2.05) is 13.8 Å². The standard InChI is InChI=1S/C43H52O11/c1-20-22(3)36(49)32(24(5)34(20)47)39(8,9)16-30(45)51-18-42(19-52-42)43-29(44)15-27-13-14-28(26(7)41(27,12)38(43)54-43)53-31(46)17-40(10,11)33-25(6)35(48)21(2)23(4)37(33)50/h15,26,28,38H,13-14,16-19H2,1-12H3/t26-,28+,38+,41+,42+,43-/m0/s1. The molecule has 6 aliphatic rings. The number of carbonyl (C=O) groups is 7. The summed E-state index contributed by atoms with van der Waals surface area (Å²) in [4.78, 5) is 92.9. The molecular formula is C43H52O11. The largest absolute Gasteiger partial charge is 0.462 e. The van der Waals surface area contributed by atoms with E-state index in [4.69, 9.17) is 18.9 Å². The molecule has 0 N–H and O–H groups in total. The summed E-state index contributed by atoms with van der Waals surface area (Å²) in [6.45, 7) is 20.6. The Bertz CT molecular complexity index is 2010. The SMILES string of the molecule is CC1=C(C)C(=O)C(C(C)(C)CC(=O)OC[C@]2([C@@]34O[C@@H]3[C@@]3(C)C(=CC4=O)CC[C@@H](OC(=O)CC(C)(C)C4=C(C)C(=O)C(C)=C(C)C4=O)[C@@H]3C)CO2)=C(C)C1=O. The topological polar surface area (TPSA) is 163 Å². The third-order valence-electron chi connectivity index (χ3n) is 13.5. The number of hydrogen-bond donors (Lipinski definition) is 0. The zero-order valence-electron chi connectivity index (χ0n) is 33.5. The van der Waals surface area contributed by atoms with E-state index in [1.54, 1.807) is 75.3 Å². The van der Waals surface area contributed by atoms with E-state index in [1.165, 1.54) is 0 Å². The van der Waals surface area contributed by atoms with Crippen LogP contribution in [0, 0.1) is 22.2 Å². The van der Waals surface area contributed by atoms with Gasteiger partial charge < -0.3 is 18.9 Å². The number of Topliss-reactive ketones (excluding diaryl/α,β-unsaturated/α-hetero) is 4. The maximum absolute atomic E-state index is 13.8. The van der Waals surface area contributed by atoms with Gasteiger partial charge >= 0.3 is 11.9 Å². The van der Waals surface area contributed by atoms with Crippen molar-refractivity contribution in [3.8, 4) is 0 Å². The van der Waals surface area contributed by atoms with E-state index < -0.39 is 51.6 Å². The van der Waals surface area contributed by atoms with Gasteiger partial charge in [0.2, 0.25) is 0 Å². The molecule has 2 aliphatic heterocycles. The molecule has 0 aromatic rings. The lowest BCUT2D eigenvalue weighted by molar-refractivity contribution is -0.158. The first-order chi connectivity index (χ1) is 24.9. The average molecular weight is 745 g/mol. The van der Waals surface area contributed by atoms with Crippen LogP contribution < -0.4 is 0 Å². The van der Waals surface area contributed by atoms with Gasteiger partial charge in [0.25, 0.3) is 0 Å². The molecule has 4 aliphatic carbocycles. The van der Waals surface area contributed by atoms with Crippen molar-refractivity contribution in [1.29, 1.82) is 0 Å². The first kappa shape index (κ1) is 39.6. The highest BCUT2D eigenvalue weighted by molar-refractivity contribution is 6.26. The fourth-order valence-electron chi connectivity index (χ4n) is 9.68. The van der Waals surface area contributed by atoms with Crippen LogP contribution in [0.2, 0.25) is 0 Å². The Balaban J connectivity index is 1.14. The van der Waals surface area contributed by atoms with Crippen molar-refractivity contribution in [3.05, 3.63) is 56.2 Å². The molecule has 0 aromatic heterocycles. The molecule has 0 unspecified atom stereocenters. The molecule has 6 atom stereocenters. The number of allylic oxidation sites excluding steroid dienone is 8. The number of ketones is 5. The number of carbonyl (C=O) groups excluding carboxylic acids is 7. The minimum absolute atomic E-state index is 0.105. The Morgan fingerprint density at radius 1 is 0.759 bits per heavy atom. The fraction of sp³-hybridized carbons (Fsp3) is 0.605. The molecule has 290 valence electrons. The highest BCUT2D eigenvalue weighted by atomic mass is 16.7. The Labute approximate surface area is 316 Å². The zero-order chi connectivity index (χ0) is 40.2. The first-order valence-electron chi connectivity index (χ1n) is 18.8. The Hall–Kier alpha value is -4.09. The number of ether oxygens (including phenoxy) is 4. The summed E-state index contributed by atoms with van der Waals surface area (Å²) in [6.07, 6.45) is 1.21. The second-order valence-electron chi connectivity index (χ2n) is 17.8. The number of esters is 2. The van der Waals surface area contributed by atoms with E-state index in [2.05, 4.69) is 0 Å². The predicted molar refractivity (Wildman–Crippen MR) is 196 cm³/mol. The highest BCUT2D eigenvalue weighted by Crippen LogP contribution is 2.68. The van der Waals surface area contributed by atoms with E-state index in [9.17, 15) is 33.6 Å². The molecule has 3 fully saturated rings. The van der Waals surface area contributed by atoms with Gasteiger partial charge in [-0.3, -0.25) is 33.6 Å². The van der Waals surface area contributed by atoms with E-state index in [0.29, 0.717) is 57.4 Å². The van der Waals surface area contributed by atoms with Crippen molar-refractivity contribution >= 4 is 40.9 Å². The van der Waals surface area contributed by atoms with Crippen molar-refractivity contribution in [1.82, 2.24) is 0 Å². The normalized spacial score (nSPS) is 32.9. The van der Waals surface area contributed by atoms with Gasteiger partial charge in [0.05, 0.1) is 19.4 Å². The minimum Gasteiger partial charge on any atom is -0.462 e. The van der Waals surface area contributed by atoms with Gasteiger partial charge in [0, 0.05) is 66.7 Å². The van der Waals surface area contributed by atoms with Gasteiger partial charge in [-0.05, 0) is 60.5 Å². The van der Waals surface area contributed by atoms with Crippen LogP contribution in [-0.4, -0.2) is 77.5 Å². The van der Waals surface area contributed by atoms with Gasteiger partial charge in [-0.2, -0.15) is 0 Å². The molecule has 0 bridgehead atoms. The Kier molecular flexibility index (Phi) is 9.33. The lowest BCUT2D eigenvalue weighted by Crippen LogP contribution is -2.56. The van der Waals surface area contributed by atoms with Crippen molar-refractivity contribution in [3.63, 3.8) is 0 Å². The van der Waals surface area contributed by atoms with Crippen LogP contribution in [0.4, 0.5) is 0 Å². The van der Waals surface area contributed by atoms with Crippen LogP contribution in [0.15, 0.2) is 56.2 Å². The predicted octanol–water partition coefficient (Wildman–Crippen LogP) is 5.74. The molecule has 11 heteroatoms. The molecule has 1 saturated carbocycles. The monoisotopic (exact) mass is 744 g/mol. The molecule has 6 rings (SSSR count). The second-order valence-corrected chi connectivity index (χ2v) is 17.8. The summed E-state index contributed by atoms with van der Waals surface area (Å²) in [7, 11) is 0. The molecule has 0 aromatic carbocycles. The Morgan fingerprint density at radius 2 is 1.22 bits per heavy atom. The molecular weight excluding hydrogens is 692 g/mol. The minimum atomic E-state index is -1.38. The van der Waals surface area contributed by atoms with Crippen LogP contribution in [-0.2, 0) is 52.5 Å². The van der Waals surface area contributed by atoms with E-state index >= 15 is 0 Å². The molecule has 11 nitrogen and oxygen atoms in total. The molecule has 0 radical (unpaired) electrons. The van der Waals surface area contributed by atoms with Crippen molar-refractivity contribution in [2.45, 2.75) is 132 Å². The summed E-state index contributed by atoms with van der Waals surface area (Å²) < 4.78 is 24.2. The number of hydrogen-bond acceptors (Lipinski definition) is 11. The molecule has 54 heavy (non-hydrogen) atoms. The lowest BCUT2D eigenvalue weighted by atomic mass is 9.56. The van der Waals surface area contributed by atoms with Crippen LogP contribution >= 0.6 is 0 Å². The second kappa shape index (κ2) is 12.7. The van der Waals surface area contributed by atoms with Gasteiger partial charge in [-0.25, -0.2) is 0 Å². The quantitative estimate of drug-likeness (QED) is 0.152. The van der Waals surface area contributed by atoms with Crippen LogP contribution in [0.5, 0.6) is 0 Å². The van der Waals surface area contributed by atoms with Crippen LogP contribution in [0.1, 0.15) is 109 Å².